The van der Waals surface area contributed by atoms with Crippen LogP contribution in [-0.4, -0.2) is 50.7 Å². The number of benzene rings is 1. The van der Waals surface area contributed by atoms with E-state index in [1.807, 2.05) is 44.4 Å². The van der Waals surface area contributed by atoms with Crippen LogP contribution in [0.25, 0.3) is 5.82 Å². The molecular formula is C27H28N6O3. The van der Waals surface area contributed by atoms with Crippen molar-refractivity contribution in [3.63, 3.8) is 0 Å². The predicted molar refractivity (Wildman–Crippen MR) is 131 cm³/mol. The predicted octanol–water partition coefficient (Wildman–Crippen LogP) is 2.92. The minimum atomic E-state index is -0.271. The van der Waals surface area contributed by atoms with E-state index >= 15 is 0 Å². The lowest BCUT2D eigenvalue weighted by atomic mass is 9.81. The van der Waals surface area contributed by atoms with Crippen LogP contribution >= 0.6 is 0 Å². The van der Waals surface area contributed by atoms with E-state index < -0.39 is 0 Å². The fourth-order valence-electron chi connectivity index (χ4n) is 5.29. The van der Waals surface area contributed by atoms with Gasteiger partial charge in [-0.2, -0.15) is 10.4 Å². The summed E-state index contributed by atoms with van der Waals surface area (Å²) in [5, 5.41) is 16.8. The summed E-state index contributed by atoms with van der Waals surface area (Å²) in [6.07, 6.45) is 6.20. The minimum Gasteiger partial charge on any atom is -0.457 e. The fourth-order valence-corrected chi connectivity index (χ4v) is 5.29. The number of amides is 1. The summed E-state index contributed by atoms with van der Waals surface area (Å²) in [6.45, 7) is 8.10. The molecule has 0 saturated carbocycles. The molecule has 0 aliphatic carbocycles. The number of pyridine rings is 1. The van der Waals surface area contributed by atoms with Crippen LogP contribution in [0.5, 0.6) is 0 Å². The smallest absolute Gasteiger partial charge is 0.338 e. The molecule has 1 unspecified atom stereocenters. The Morgan fingerprint density at radius 1 is 1.31 bits per heavy atom. The van der Waals surface area contributed by atoms with E-state index in [2.05, 4.69) is 26.4 Å². The number of esters is 1. The standard InChI is InChI=1S/C27H28N6O3/c1-16-8-26(29-11-20(16)9-28)33-13-19(10-30-33)12-32-7-6-25(31-18(3)34)23(14-32)21-4-5-22-24(17(21)2)15-36-27(22)35/h4-5,8,10-11,13,23,25H,6-7,12,14-15H2,1-3H3,(H,31,34)/t23-,25?/m0/s1. The highest BCUT2D eigenvalue weighted by Crippen LogP contribution is 2.35. The van der Waals surface area contributed by atoms with E-state index in [1.54, 1.807) is 17.8 Å². The molecule has 0 bridgehead atoms. The highest BCUT2D eigenvalue weighted by molar-refractivity contribution is 5.94. The van der Waals surface area contributed by atoms with Crippen LogP contribution in [0.1, 0.15) is 63.0 Å². The SMILES string of the molecule is CC(=O)NC1CCN(Cc2cnn(-c3cc(C)c(C#N)cn3)c2)C[C@H]1c1ccc2c(c1C)COC2=O. The molecule has 1 N–H and O–H groups in total. The number of nitrogens with zero attached hydrogens (tertiary/aromatic N) is 5. The molecule has 36 heavy (non-hydrogen) atoms. The van der Waals surface area contributed by atoms with Crippen molar-refractivity contribution < 1.29 is 14.3 Å². The first-order valence-electron chi connectivity index (χ1n) is 12.0. The van der Waals surface area contributed by atoms with Gasteiger partial charge in [0, 0.05) is 62.0 Å². The average Bonchev–Trinajstić information content (AvgIpc) is 3.47. The molecule has 1 saturated heterocycles. The summed E-state index contributed by atoms with van der Waals surface area (Å²) < 4.78 is 6.98. The first-order valence-corrected chi connectivity index (χ1v) is 12.0. The lowest BCUT2D eigenvalue weighted by Gasteiger charge is -2.39. The molecule has 4 heterocycles. The number of nitriles is 1. The van der Waals surface area contributed by atoms with Gasteiger partial charge in [0.15, 0.2) is 5.82 Å². The number of aromatic nitrogens is 3. The number of ether oxygens (including phenoxy) is 1. The van der Waals surface area contributed by atoms with E-state index in [9.17, 15) is 9.59 Å². The van der Waals surface area contributed by atoms with Crippen LogP contribution in [0.3, 0.4) is 0 Å². The van der Waals surface area contributed by atoms with E-state index in [0.29, 0.717) is 30.1 Å². The minimum absolute atomic E-state index is 0.0158. The number of likely N-dealkylation sites (tertiary alicyclic amines) is 1. The molecule has 5 rings (SSSR count). The van der Waals surface area contributed by atoms with Crippen molar-refractivity contribution >= 4 is 11.9 Å². The van der Waals surface area contributed by atoms with Crippen LogP contribution in [0.4, 0.5) is 0 Å². The molecule has 0 spiro atoms. The second-order valence-corrected chi connectivity index (χ2v) is 9.58. The number of cyclic esters (lactones) is 1. The number of fused-ring (bicyclic) bond motifs is 1. The second kappa shape index (κ2) is 9.55. The fraction of sp³-hybridized carbons (Fsp3) is 0.370. The van der Waals surface area contributed by atoms with Crippen molar-refractivity contribution in [1.29, 1.82) is 5.26 Å². The topological polar surface area (TPSA) is 113 Å². The Kier molecular flexibility index (Phi) is 6.29. The van der Waals surface area contributed by atoms with E-state index in [0.717, 1.165) is 47.3 Å². The Morgan fingerprint density at radius 2 is 2.14 bits per heavy atom. The lowest BCUT2D eigenvalue weighted by molar-refractivity contribution is -0.120. The molecule has 0 radical (unpaired) electrons. The van der Waals surface area contributed by atoms with Gasteiger partial charge in [0.25, 0.3) is 0 Å². The van der Waals surface area contributed by atoms with Crippen molar-refractivity contribution in [3.8, 4) is 11.9 Å². The Labute approximate surface area is 209 Å². The van der Waals surface area contributed by atoms with E-state index in [-0.39, 0.29) is 23.8 Å². The summed E-state index contributed by atoms with van der Waals surface area (Å²) in [7, 11) is 0. The van der Waals surface area contributed by atoms with Crippen molar-refractivity contribution in [2.24, 2.45) is 0 Å². The van der Waals surface area contributed by atoms with Crippen molar-refractivity contribution in [3.05, 3.63) is 75.7 Å². The van der Waals surface area contributed by atoms with Crippen LogP contribution in [0, 0.1) is 25.2 Å². The van der Waals surface area contributed by atoms with Crippen LogP contribution in [0.15, 0.2) is 36.8 Å². The van der Waals surface area contributed by atoms with Gasteiger partial charge in [-0.05, 0) is 49.1 Å². The molecule has 1 fully saturated rings. The number of hydrogen-bond acceptors (Lipinski definition) is 7. The van der Waals surface area contributed by atoms with Gasteiger partial charge >= 0.3 is 5.97 Å². The van der Waals surface area contributed by atoms with Crippen LogP contribution in [-0.2, 0) is 22.7 Å². The summed E-state index contributed by atoms with van der Waals surface area (Å²) in [6, 6.07) is 7.88. The lowest BCUT2D eigenvalue weighted by Crippen LogP contribution is -2.49. The average molecular weight is 485 g/mol. The normalized spacial score (nSPS) is 19.4. The highest BCUT2D eigenvalue weighted by Gasteiger charge is 2.34. The number of rotatable bonds is 5. The van der Waals surface area contributed by atoms with Gasteiger partial charge in [-0.1, -0.05) is 6.07 Å². The molecule has 2 aliphatic heterocycles. The Morgan fingerprint density at radius 3 is 2.89 bits per heavy atom. The maximum Gasteiger partial charge on any atom is 0.338 e. The molecular weight excluding hydrogens is 456 g/mol. The number of aryl methyl sites for hydroxylation is 1. The van der Waals surface area contributed by atoms with Crippen molar-refractivity contribution in [2.75, 3.05) is 13.1 Å². The summed E-state index contributed by atoms with van der Waals surface area (Å²) in [5.74, 6) is 0.446. The van der Waals surface area contributed by atoms with Gasteiger partial charge in [-0.15, -0.1) is 0 Å². The molecule has 2 aliphatic rings. The van der Waals surface area contributed by atoms with Gasteiger partial charge in [0.05, 0.1) is 17.3 Å². The Bertz CT molecular complexity index is 1390. The molecule has 9 nitrogen and oxygen atoms in total. The first-order chi connectivity index (χ1) is 17.3. The quantitative estimate of drug-likeness (QED) is 0.554. The third-order valence-electron chi connectivity index (χ3n) is 7.19. The number of hydrogen-bond donors (Lipinski definition) is 1. The number of carbonyl (C=O) groups is 2. The highest BCUT2D eigenvalue weighted by atomic mass is 16.5. The van der Waals surface area contributed by atoms with Gasteiger partial charge in [-0.3, -0.25) is 9.69 Å². The second-order valence-electron chi connectivity index (χ2n) is 9.58. The number of carbonyl (C=O) groups excluding carboxylic acids is 2. The maximum atomic E-state index is 12.0. The van der Waals surface area contributed by atoms with E-state index in [1.165, 1.54) is 0 Å². The van der Waals surface area contributed by atoms with Gasteiger partial charge in [0.1, 0.15) is 12.7 Å². The Balaban J connectivity index is 1.37. The van der Waals surface area contributed by atoms with Gasteiger partial charge in [-0.25, -0.2) is 14.5 Å². The molecule has 2 aromatic heterocycles. The monoisotopic (exact) mass is 484 g/mol. The third kappa shape index (κ3) is 4.48. The maximum absolute atomic E-state index is 12.0. The first kappa shape index (κ1) is 23.7. The zero-order valence-corrected chi connectivity index (χ0v) is 20.6. The van der Waals surface area contributed by atoms with Crippen LogP contribution < -0.4 is 5.32 Å². The Hall–Kier alpha value is -4.03. The summed E-state index contributed by atoms with van der Waals surface area (Å²) in [4.78, 5) is 30.7. The summed E-state index contributed by atoms with van der Waals surface area (Å²) in [5.41, 5.74) is 6.26. The summed E-state index contributed by atoms with van der Waals surface area (Å²) >= 11 is 0. The molecule has 9 heteroatoms. The van der Waals surface area contributed by atoms with Crippen molar-refractivity contribution in [2.45, 2.75) is 52.3 Å². The van der Waals surface area contributed by atoms with Crippen LogP contribution in [0.2, 0.25) is 0 Å². The van der Waals surface area contributed by atoms with Gasteiger partial charge < -0.3 is 10.1 Å². The molecule has 3 aromatic rings. The van der Waals surface area contributed by atoms with Gasteiger partial charge in [0.2, 0.25) is 5.91 Å². The molecule has 1 amide bonds. The van der Waals surface area contributed by atoms with Crippen molar-refractivity contribution in [1.82, 2.24) is 25.0 Å². The zero-order chi connectivity index (χ0) is 25.4. The third-order valence-corrected chi connectivity index (χ3v) is 7.19. The van der Waals surface area contributed by atoms with E-state index in [4.69, 9.17) is 10.00 Å². The number of nitrogens with one attached hydrogen (secondary N) is 1. The molecule has 2 atom stereocenters. The molecule has 1 aromatic carbocycles. The number of piperidine rings is 1. The zero-order valence-electron chi connectivity index (χ0n) is 20.6. The molecule has 184 valence electrons. The largest absolute Gasteiger partial charge is 0.457 e.